The molecule has 1 heterocycles. The zero-order valence-electron chi connectivity index (χ0n) is 10.4. The number of rotatable bonds is 0. The summed E-state index contributed by atoms with van der Waals surface area (Å²) in [6.45, 7) is 2.18. The number of hydrogen-bond acceptors (Lipinski definition) is 1. The quantitative estimate of drug-likeness (QED) is 0.660. The van der Waals surface area contributed by atoms with Crippen LogP contribution in [-0.2, 0) is 6.42 Å². The normalized spacial score (nSPS) is 16.3. The first-order valence-electron chi connectivity index (χ1n) is 6.37. The summed E-state index contributed by atoms with van der Waals surface area (Å²) in [7, 11) is 0. The van der Waals surface area contributed by atoms with Crippen molar-refractivity contribution in [2.45, 2.75) is 18.2 Å². The molecule has 0 amide bonds. The van der Waals surface area contributed by atoms with Gasteiger partial charge in [-0.25, -0.2) is 0 Å². The molecule has 0 atom stereocenters. The molecule has 0 N–H and O–H groups in total. The van der Waals surface area contributed by atoms with Gasteiger partial charge in [-0.3, -0.25) is 0 Å². The molecule has 0 nitrogen and oxygen atoms in total. The van der Waals surface area contributed by atoms with E-state index in [0.29, 0.717) is 0 Å². The van der Waals surface area contributed by atoms with Crippen LogP contribution < -0.4 is 0 Å². The molecule has 18 heavy (non-hydrogen) atoms. The SMILES string of the molecule is Cc1ccc2c(c1)C1=C(C2)c2ccccc2SC1. The summed E-state index contributed by atoms with van der Waals surface area (Å²) in [5.74, 6) is 1.13. The second kappa shape index (κ2) is 3.76. The lowest BCUT2D eigenvalue weighted by atomic mass is 10.0. The molecule has 0 bridgehead atoms. The van der Waals surface area contributed by atoms with Crippen molar-refractivity contribution in [1.82, 2.24) is 0 Å². The van der Waals surface area contributed by atoms with Crippen molar-refractivity contribution in [2.75, 3.05) is 5.75 Å². The summed E-state index contributed by atoms with van der Waals surface area (Å²) in [5.41, 5.74) is 8.95. The molecule has 0 saturated heterocycles. The smallest absolute Gasteiger partial charge is 0.0241 e. The molecule has 0 fully saturated rings. The summed E-state index contributed by atoms with van der Waals surface area (Å²) >= 11 is 1.98. The molecule has 0 aromatic heterocycles. The third-order valence-electron chi connectivity index (χ3n) is 3.91. The topological polar surface area (TPSA) is 0 Å². The number of fused-ring (bicyclic) bond motifs is 4. The van der Waals surface area contributed by atoms with Crippen molar-refractivity contribution in [2.24, 2.45) is 0 Å². The molecular weight excluding hydrogens is 236 g/mol. The zero-order chi connectivity index (χ0) is 12.1. The number of aryl methyl sites for hydroxylation is 1. The monoisotopic (exact) mass is 250 g/mol. The summed E-state index contributed by atoms with van der Waals surface area (Å²) in [6.07, 6.45) is 1.11. The average Bonchev–Trinajstić information content (AvgIpc) is 2.77. The molecule has 1 heteroatoms. The molecule has 2 aliphatic rings. The van der Waals surface area contributed by atoms with Gasteiger partial charge in [-0.15, -0.1) is 11.8 Å². The van der Waals surface area contributed by atoms with Gasteiger partial charge in [0.2, 0.25) is 0 Å². The first-order valence-corrected chi connectivity index (χ1v) is 7.35. The molecule has 0 radical (unpaired) electrons. The van der Waals surface area contributed by atoms with Crippen LogP contribution in [0.5, 0.6) is 0 Å². The highest BCUT2D eigenvalue weighted by atomic mass is 32.2. The van der Waals surface area contributed by atoms with E-state index >= 15 is 0 Å². The van der Waals surface area contributed by atoms with Crippen LogP contribution in [0.2, 0.25) is 0 Å². The maximum Gasteiger partial charge on any atom is 0.0241 e. The second-order valence-electron chi connectivity index (χ2n) is 5.08. The Bertz CT molecular complexity index is 680. The van der Waals surface area contributed by atoms with E-state index in [2.05, 4.69) is 49.4 Å². The van der Waals surface area contributed by atoms with Crippen LogP contribution in [0.15, 0.2) is 47.4 Å². The summed E-state index contributed by atoms with van der Waals surface area (Å²) in [4.78, 5) is 1.45. The molecule has 1 aliphatic heterocycles. The molecule has 2 aromatic rings. The van der Waals surface area contributed by atoms with Gasteiger partial charge in [-0.05, 0) is 47.2 Å². The number of allylic oxidation sites excluding steroid dienone is 1. The van der Waals surface area contributed by atoms with Crippen molar-refractivity contribution >= 4 is 22.9 Å². The Morgan fingerprint density at radius 1 is 0.944 bits per heavy atom. The van der Waals surface area contributed by atoms with Gasteiger partial charge in [0, 0.05) is 10.6 Å². The molecule has 0 unspecified atom stereocenters. The van der Waals surface area contributed by atoms with E-state index in [1.165, 1.54) is 27.1 Å². The Hall–Kier alpha value is -1.47. The minimum absolute atomic E-state index is 1.11. The average molecular weight is 250 g/mol. The Balaban J connectivity index is 1.94. The molecule has 1 aliphatic carbocycles. The minimum atomic E-state index is 1.11. The van der Waals surface area contributed by atoms with Gasteiger partial charge in [-0.2, -0.15) is 0 Å². The third kappa shape index (κ3) is 1.40. The van der Waals surface area contributed by atoms with E-state index < -0.39 is 0 Å². The van der Waals surface area contributed by atoms with Crippen molar-refractivity contribution < 1.29 is 0 Å². The van der Waals surface area contributed by atoms with Crippen LogP contribution in [0.1, 0.15) is 22.3 Å². The van der Waals surface area contributed by atoms with Gasteiger partial charge in [-0.1, -0.05) is 42.0 Å². The molecule has 2 aromatic carbocycles. The van der Waals surface area contributed by atoms with Crippen LogP contribution in [0.3, 0.4) is 0 Å². The molecular formula is C17H14S. The predicted molar refractivity (Wildman–Crippen MR) is 78.9 cm³/mol. The highest BCUT2D eigenvalue weighted by Gasteiger charge is 2.27. The fourth-order valence-electron chi connectivity index (χ4n) is 3.00. The maximum absolute atomic E-state index is 2.35. The van der Waals surface area contributed by atoms with Crippen LogP contribution in [0.4, 0.5) is 0 Å². The van der Waals surface area contributed by atoms with Gasteiger partial charge >= 0.3 is 0 Å². The van der Waals surface area contributed by atoms with Gasteiger partial charge in [0.05, 0.1) is 0 Å². The Morgan fingerprint density at radius 2 is 1.83 bits per heavy atom. The van der Waals surface area contributed by atoms with Crippen molar-refractivity contribution in [3.63, 3.8) is 0 Å². The van der Waals surface area contributed by atoms with E-state index in [0.717, 1.165) is 12.2 Å². The van der Waals surface area contributed by atoms with Crippen LogP contribution in [-0.4, -0.2) is 5.75 Å². The molecule has 88 valence electrons. The number of hydrogen-bond donors (Lipinski definition) is 0. The molecule has 4 rings (SSSR count). The number of thioether (sulfide) groups is 1. The summed E-state index contributed by atoms with van der Waals surface area (Å²) in [5, 5.41) is 0. The van der Waals surface area contributed by atoms with Crippen molar-refractivity contribution in [1.29, 1.82) is 0 Å². The van der Waals surface area contributed by atoms with E-state index in [-0.39, 0.29) is 0 Å². The van der Waals surface area contributed by atoms with Crippen molar-refractivity contribution in [3.8, 4) is 0 Å². The maximum atomic E-state index is 2.35. The summed E-state index contributed by atoms with van der Waals surface area (Å²) < 4.78 is 0. The lowest BCUT2D eigenvalue weighted by Gasteiger charge is -2.18. The fraction of sp³-hybridized carbons (Fsp3) is 0.176. The van der Waals surface area contributed by atoms with Crippen molar-refractivity contribution in [3.05, 3.63) is 64.7 Å². The Kier molecular flexibility index (Phi) is 2.18. The van der Waals surface area contributed by atoms with E-state index in [1.54, 1.807) is 11.1 Å². The van der Waals surface area contributed by atoms with Gasteiger partial charge in [0.1, 0.15) is 0 Å². The van der Waals surface area contributed by atoms with E-state index in [1.807, 2.05) is 11.8 Å². The highest BCUT2D eigenvalue weighted by Crippen LogP contribution is 2.47. The van der Waals surface area contributed by atoms with Crippen LogP contribution in [0.25, 0.3) is 11.1 Å². The van der Waals surface area contributed by atoms with Crippen LogP contribution >= 0.6 is 11.8 Å². The number of benzene rings is 2. The Morgan fingerprint density at radius 3 is 2.78 bits per heavy atom. The zero-order valence-corrected chi connectivity index (χ0v) is 11.2. The predicted octanol–water partition coefficient (Wildman–Crippen LogP) is 4.57. The van der Waals surface area contributed by atoms with E-state index in [4.69, 9.17) is 0 Å². The third-order valence-corrected chi connectivity index (χ3v) is 5.01. The first kappa shape index (κ1) is 10.5. The molecule has 0 saturated carbocycles. The molecule has 0 spiro atoms. The largest absolute Gasteiger partial charge is 0.121 e. The van der Waals surface area contributed by atoms with E-state index in [9.17, 15) is 0 Å². The van der Waals surface area contributed by atoms with Gasteiger partial charge in [0.25, 0.3) is 0 Å². The first-order chi connectivity index (χ1) is 8.83. The second-order valence-corrected chi connectivity index (χ2v) is 6.10. The summed E-state index contributed by atoms with van der Waals surface area (Å²) in [6, 6.07) is 15.7. The lowest BCUT2D eigenvalue weighted by molar-refractivity contribution is 1.27. The van der Waals surface area contributed by atoms with Gasteiger partial charge < -0.3 is 0 Å². The minimum Gasteiger partial charge on any atom is -0.121 e. The van der Waals surface area contributed by atoms with Crippen LogP contribution in [0, 0.1) is 6.92 Å². The Labute approximate surface area is 112 Å². The highest BCUT2D eigenvalue weighted by molar-refractivity contribution is 7.99. The lowest BCUT2D eigenvalue weighted by Crippen LogP contribution is -1.97. The van der Waals surface area contributed by atoms with Gasteiger partial charge in [0.15, 0.2) is 0 Å². The standard InChI is InChI=1S/C17H14S/c1-11-6-7-12-9-15-13-4-2-3-5-17(13)18-10-16(15)14(12)8-11/h2-8H,9-10H2,1H3. The fourth-order valence-corrected chi connectivity index (χ4v) is 4.15.